The molecule has 0 fully saturated rings. The van der Waals surface area contributed by atoms with Gasteiger partial charge in [-0.05, 0) is 30.5 Å². The van der Waals surface area contributed by atoms with E-state index in [1.54, 1.807) is 0 Å². The summed E-state index contributed by atoms with van der Waals surface area (Å²) in [6.07, 6.45) is 0. The van der Waals surface area contributed by atoms with Gasteiger partial charge in [0.1, 0.15) is 0 Å². The van der Waals surface area contributed by atoms with Crippen LogP contribution in [0.15, 0.2) is 36.4 Å². The maximum absolute atomic E-state index is 2.22. The first-order valence-corrected chi connectivity index (χ1v) is 4.23. The van der Waals surface area contributed by atoms with Gasteiger partial charge >= 0.3 is 0 Å². The fraction of sp³-hybridized carbons (Fsp3) is 0.167. The van der Waals surface area contributed by atoms with Crippen molar-refractivity contribution in [2.75, 3.05) is 0 Å². The highest BCUT2D eigenvalue weighted by atomic mass is 14.1. The quantitative estimate of drug-likeness (QED) is 0.548. The lowest BCUT2D eigenvalue weighted by Crippen LogP contribution is -1.68. The third-order valence-electron chi connectivity index (χ3n) is 2.25. The van der Waals surface area contributed by atoms with Crippen LogP contribution in [-0.2, 0) is 0 Å². The molecule has 0 saturated heterocycles. The Morgan fingerprint density at radius 2 is 1.75 bits per heavy atom. The fourth-order valence-corrected chi connectivity index (χ4v) is 1.57. The van der Waals surface area contributed by atoms with Gasteiger partial charge in [-0.1, -0.05) is 42.0 Å². The van der Waals surface area contributed by atoms with Crippen LogP contribution in [0.4, 0.5) is 0 Å². The third-order valence-corrected chi connectivity index (χ3v) is 2.25. The second-order valence-electron chi connectivity index (χ2n) is 3.30. The van der Waals surface area contributed by atoms with E-state index in [0.717, 1.165) is 0 Å². The number of fused-ring (bicyclic) bond motifs is 1. The molecule has 12 heavy (non-hydrogen) atoms. The summed E-state index contributed by atoms with van der Waals surface area (Å²) >= 11 is 0. The van der Waals surface area contributed by atoms with Crippen LogP contribution < -0.4 is 0 Å². The smallest absolute Gasteiger partial charge is 0.0155 e. The number of rotatable bonds is 0. The molecule has 0 saturated carbocycles. The molecule has 0 heteroatoms. The van der Waals surface area contributed by atoms with Crippen LogP contribution in [0.1, 0.15) is 11.1 Å². The maximum atomic E-state index is 2.22. The number of hydrogen-bond donors (Lipinski definition) is 0. The molecule has 0 aromatic rings. The lowest BCUT2D eigenvalue weighted by Gasteiger charge is -1.92. The highest BCUT2D eigenvalue weighted by molar-refractivity contribution is 5.70. The average Bonchev–Trinajstić information content (AvgIpc) is 2.31. The zero-order chi connectivity index (χ0) is 8.55. The van der Waals surface area contributed by atoms with Gasteiger partial charge in [0.2, 0.25) is 0 Å². The Hall–Kier alpha value is -1.30. The van der Waals surface area contributed by atoms with Crippen molar-refractivity contribution in [3.05, 3.63) is 47.5 Å². The van der Waals surface area contributed by atoms with Crippen molar-refractivity contribution in [2.24, 2.45) is 0 Å². The van der Waals surface area contributed by atoms with Crippen LogP contribution in [0.3, 0.4) is 0 Å². The standard InChI is InChI=1S/C12H12/c1-9-4-3-5-12-10(2)6-7-11(12)8-9/h3-8H,1-2H3. The van der Waals surface area contributed by atoms with Crippen LogP contribution in [0, 0.1) is 13.8 Å². The zero-order valence-corrected chi connectivity index (χ0v) is 7.46. The molecular formula is C12H12. The van der Waals surface area contributed by atoms with Gasteiger partial charge in [0.15, 0.2) is 0 Å². The summed E-state index contributed by atoms with van der Waals surface area (Å²) in [7, 11) is 0. The maximum Gasteiger partial charge on any atom is -0.0155 e. The van der Waals surface area contributed by atoms with E-state index < -0.39 is 0 Å². The van der Waals surface area contributed by atoms with Gasteiger partial charge in [0.05, 0.1) is 0 Å². The lowest BCUT2D eigenvalue weighted by atomic mass is 10.1. The molecule has 0 nitrogen and oxygen atoms in total. The molecule has 0 spiro atoms. The van der Waals surface area contributed by atoms with E-state index in [-0.39, 0.29) is 0 Å². The Kier molecular flexibility index (Phi) is 1.61. The van der Waals surface area contributed by atoms with E-state index >= 15 is 0 Å². The summed E-state index contributed by atoms with van der Waals surface area (Å²) in [5, 5.41) is 0. The monoisotopic (exact) mass is 156 g/mol. The Balaban J connectivity index is 2.74. The van der Waals surface area contributed by atoms with Crippen LogP contribution in [0.5, 0.6) is 0 Å². The van der Waals surface area contributed by atoms with Crippen LogP contribution in [0.2, 0.25) is 0 Å². The first-order chi connectivity index (χ1) is 5.77. The van der Waals surface area contributed by atoms with Crippen LogP contribution in [0.25, 0.3) is 11.1 Å². The van der Waals surface area contributed by atoms with E-state index in [1.807, 2.05) is 0 Å². The van der Waals surface area contributed by atoms with E-state index in [2.05, 4.69) is 50.2 Å². The molecule has 0 aliphatic heterocycles. The third kappa shape index (κ3) is 1.10. The Morgan fingerprint density at radius 3 is 2.58 bits per heavy atom. The van der Waals surface area contributed by atoms with Crippen molar-refractivity contribution in [2.45, 2.75) is 13.8 Å². The molecule has 2 rings (SSSR count). The predicted octanol–water partition coefficient (Wildman–Crippen LogP) is 3.41. The van der Waals surface area contributed by atoms with Crippen molar-refractivity contribution in [1.82, 2.24) is 0 Å². The van der Waals surface area contributed by atoms with Crippen molar-refractivity contribution >= 4 is 0 Å². The zero-order valence-electron chi connectivity index (χ0n) is 7.46. The summed E-state index contributed by atoms with van der Waals surface area (Å²) in [6, 6.07) is 13.0. The molecule has 60 valence electrons. The summed E-state index contributed by atoms with van der Waals surface area (Å²) in [4.78, 5) is 0. The molecule has 0 bridgehead atoms. The summed E-state index contributed by atoms with van der Waals surface area (Å²) < 4.78 is 0. The molecular weight excluding hydrogens is 144 g/mol. The van der Waals surface area contributed by atoms with Gasteiger partial charge in [-0.15, -0.1) is 0 Å². The van der Waals surface area contributed by atoms with Crippen LogP contribution in [-0.4, -0.2) is 0 Å². The Morgan fingerprint density at radius 1 is 0.917 bits per heavy atom. The van der Waals surface area contributed by atoms with Crippen molar-refractivity contribution in [3.63, 3.8) is 0 Å². The Bertz CT molecular complexity index is 374. The molecule has 0 amide bonds. The molecule has 0 radical (unpaired) electrons. The van der Waals surface area contributed by atoms with Gasteiger partial charge < -0.3 is 0 Å². The molecule has 0 aromatic carbocycles. The largest absolute Gasteiger partial charge is 0.0614 e. The highest BCUT2D eigenvalue weighted by Gasteiger charge is 2.02. The highest BCUT2D eigenvalue weighted by Crippen LogP contribution is 2.26. The molecule has 0 aromatic heterocycles. The molecule has 0 N–H and O–H groups in total. The number of aryl methyl sites for hydroxylation is 2. The van der Waals surface area contributed by atoms with Gasteiger partial charge in [-0.2, -0.15) is 0 Å². The average molecular weight is 156 g/mol. The van der Waals surface area contributed by atoms with Gasteiger partial charge in [0.25, 0.3) is 0 Å². The summed E-state index contributed by atoms with van der Waals surface area (Å²) in [5.74, 6) is 0. The van der Waals surface area contributed by atoms with Crippen molar-refractivity contribution in [3.8, 4) is 11.1 Å². The second-order valence-corrected chi connectivity index (χ2v) is 3.30. The molecule has 2 aliphatic rings. The first kappa shape index (κ1) is 7.35. The van der Waals surface area contributed by atoms with E-state index in [0.29, 0.717) is 0 Å². The second kappa shape index (κ2) is 2.63. The minimum atomic E-state index is 1.32. The topological polar surface area (TPSA) is 0 Å². The molecule has 0 unspecified atom stereocenters. The van der Waals surface area contributed by atoms with Gasteiger partial charge in [-0.3, -0.25) is 0 Å². The number of hydrogen-bond acceptors (Lipinski definition) is 0. The SMILES string of the molecule is Cc1cccc2c(C)ccc-2c1. The van der Waals surface area contributed by atoms with Gasteiger partial charge in [0, 0.05) is 0 Å². The predicted molar refractivity (Wildman–Crippen MR) is 52.5 cm³/mol. The summed E-state index contributed by atoms with van der Waals surface area (Å²) in [5.41, 5.74) is 5.38. The van der Waals surface area contributed by atoms with Crippen LogP contribution >= 0.6 is 0 Å². The van der Waals surface area contributed by atoms with E-state index in [4.69, 9.17) is 0 Å². The lowest BCUT2D eigenvalue weighted by molar-refractivity contribution is 1.52. The minimum absolute atomic E-state index is 1.32. The van der Waals surface area contributed by atoms with E-state index in [9.17, 15) is 0 Å². The fourth-order valence-electron chi connectivity index (χ4n) is 1.57. The van der Waals surface area contributed by atoms with Crippen molar-refractivity contribution in [1.29, 1.82) is 0 Å². The van der Waals surface area contributed by atoms with Gasteiger partial charge in [-0.25, -0.2) is 0 Å². The van der Waals surface area contributed by atoms with Crippen molar-refractivity contribution < 1.29 is 0 Å². The molecule has 2 aliphatic carbocycles. The molecule has 0 heterocycles. The normalized spacial score (nSPS) is 10.5. The molecule has 0 atom stereocenters. The first-order valence-electron chi connectivity index (χ1n) is 4.23. The Labute approximate surface area is 73.2 Å². The van der Waals surface area contributed by atoms with E-state index in [1.165, 1.54) is 22.3 Å². The minimum Gasteiger partial charge on any atom is -0.0614 e. The summed E-state index contributed by atoms with van der Waals surface area (Å²) in [6.45, 7) is 4.28.